The Morgan fingerprint density at radius 1 is 1.00 bits per heavy atom. The normalized spacial score (nSPS) is 15.9. The van der Waals surface area contributed by atoms with Crippen LogP contribution in [0.2, 0.25) is 0 Å². The largest absolute Gasteiger partial charge is 0.496 e. The third-order valence-electron chi connectivity index (χ3n) is 5.35. The van der Waals surface area contributed by atoms with Crippen LogP contribution in [0.15, 0.2) is 41.6 Å². The maximum absolute atomic E-state index is 14.3. The fourth-order valence-electron chi connectivity index (χ4n) is 3.66. The zero-order valence-corrected chi connectivity index (χ0v) is 19.6. The van der Waals surface area contributed by atoms with Crippen molar-refractivity contribution in [2.75, 3.05) is 33.3 Å². The monoisotopic (exact) mass is 460 g/mol. The fourth-order valence-corrected chi connectivity index (χ4v) is 4.02. The summed E-state index contributed by atoms with van der Waals surface area (Å²) in [4.78, 5) is 14.5. The molecule has 1 atom stereocenters. The van der Waals surface area contributed by atoms with E-state index in [2.05, 4.69) is 5.32 Å². The smallest absolute Gasteiger partial charge is 0.337 e. The summed E-state index contributed by atoms with van der Waals surface area (Å²) in [6.07, 6.45) is 0. The number of carbonyl (C=O) groups excluding carboxylic acids is 1. The highest BCUT2D eigenvalue weighted by Crippen LogP contribution is 2.42. The van der Waals surface area contributed by atoms with E-state index in [4.69, 9.17) is 31.2 Å². The first-order valence-corrected chi connectivity index (χ1v) is 10.1. The van der Waals surface area contributed by atoms with Crippen molar-refractivity contribution in [3.05, 3.63) is 58.5 Å². The minimum absolute atomic E-state index is 0.292. The van der Waals surface area contributed by atoms with Crippen LogP contribution in [0, 0.1) is 12.7 Å². The van der Waals surface area contributed by atoms with Crippen LogP contribution < -0.4 is 24.4 Å². The van der Waals surface area contributed by atoms with Crippen molar-refractivity contribution in [3.8, 4) is 17.2 Å². The molecule has 0 saturated heterocycles. The number of halogens is 1. The molecule has 1 unspecified atom stereocenters. The Balaban J connectivity index is 2.22. The SMILES string of the molecule is COC(=O)C1=C(C)N(c2ccc(C)c(F)c2)C(=S)NC1c1cc(OC)c(OC)cc1OC. The molecule has 0 spiro atoms. The Kier molecular flexibility index (Phi) is 6.88. The number of thiocarbonyl (C=S) groups is 1. The van der Waals surface area contributed by atoms with Gasteiger partial charge in [-0.05, 0) is 49.8 Å². The van der Waals surface area contributed by atoms with E-state index < -0.39 is 12.0 Å². The van der Waals surface area contributed by atoms with Gasteiger partial charge in [0.1, 0.15) is 11.6 Å². The Morgan fingerprint density at radius 2 is 1.62 bits per heavy atom. The molecule has 1 heterocycles. The molecule has 0 saturated carbocycles. The number of hydrogen-bond donors (Lipinski definition) is 1. The second-order valence-electron chi connectivity index (χ2n) is 7.09. The summed E-state index contributed by atoms with van der Waals surface area (Å²) < 4.78 is 35.7. The van der Waals surface area contributed by atoms with E-state index in [1.54, 1.807) is 43.0 Å². The summed E-state index contributed by atoms with van der Waals surface area (Å²) in [6.45, 7) is 3.41. The number of esters is 1. The molecule has 9 heteroatoms. The third kappa shape index (κ3) is 4.08. The van der Waals surface area contributed by atoms with Gasteiger partial charge in [0.05, 0.1) is 45.7 Å². The number of nitrogens with zero attached hydrogens (tertiary/aromatic N) is 1. The summed E-state index contributed by atoms with van der Waals surface area (Å²) in [5.41, 5.74) is 2.40. The predicted molar refractivity (Wildman–Crippen MR) is 123 cm³/mol. The Bertz CT molecular complexity index is 1100. The first-order chi connectivity index (χ1) is 15.3. The van der Waals surface area contributed by atoms with Gasteiger partial charge in [-0.2, -0.15) is 0 Å². The molecule has 7 nitrogen and oxygen atoms in total. The van der Waals surface area contributed by atoms with Gasteiger partial charge in [0.2, 0.25) is 0 Å². The molecule has 0 bridgehead atoms. The number of aryl methyl sites for hydroxylation is 1. The molecule has 1 aliphatic rings. The summed E-state index contributed by atoms with van der Waals surface area (Å²) in [5.74, 6) is 0.467. The average molecular weight is 461 g/mol. The van der Waals surface area contributed by atoms with Gasteiger partial charge in [-0.15, -0.1) is 0 Å². The van der Waals surface area contributed by atoms with Crippen LogP contribution >= 0.6 is 12.2 Å². The molecule has 0 amide bonds. The minimum Gasteiger partial charge on any atom is -0.496 e. The molecule has 1 N–H and O–H groups in total. The second-order valence-corrected chi connectivity index (χ2v) is 7.48. The summed E-state index contributed by atoms with van der Waals surface area (Å²) in [7, 11) is 5.85. The lowest BCUT2D eigenvalue weighted by molar-refractivity contribution is -0.136. The lowest BCUT2D eigenvalue weighted by atomic mass is 9.93. The fraction of sp³-hybridized carbons (Fsp3) is 0.304. The van der Waals surface area contributed by atoms with E-state index in [9.17, 15) is 9.18 Å². The lowest BCUT2D eigenvalue weighted by Gasteiger charge is -2.38. The number of hydrogen-bond acceptors (Lipinski definition) is 6. The molecule has 1 aliphatic heterocycles. The second kappa shape index (κ2) is 9.44. The van der Waals surface area contributed by atoms with Crippen LogP contribution in [-0.2, 0) is 9.53 Å². The van der Waals surface area contributed by atoms with Gasteiger partial charge in [0.15, 0.2) is 16.6 Å². The maximum atomic E-state index is 14.3. The molecule has 0 fully saturated rings. The van der Waals surface area contributed by atoms with Crippen LogP contribution in [-0.4, -0.2) is 39.5 Å². The van der Waals surface area contributed by atoms with Crippen LogP contribution in [0.5, 0.6) is 17.2 Å². The molecule has 2 aromatic carbocycles. The number of carbonyl (C=O) groups is 1. The number of anilines is 1. The summed E-state index contributed by atoms with van der Waals surface area (Å²) in [6, 6.07) is 7.46. The van der Waals surface area contributed by atoms with Crippen molar-refractivity contribution in [1.29, 1.82) is 0 Å². The van der Waals surface area contributed by atoms with E-state index >= 15 is 0 Å². The molecule has 0 radical (unpaired) electrons. The molecular weight excluding hydrogens is 435 g/mol. The van der Waals surface area contributed by atoms with Crippen molar-refractivity contribution < 1.29 is 28.1 Å². The topological polar surface area (TPSA) is 69.3 Å². The van der Waals surface area contributed by atoms with Crippen LogP contribution in [0.4, 0.5) is 10.1 Å². The molecule has 0 aromatic heterocycles. The third-order valence-corrected chi connectivity index (χ3v) is 5.65. The number of rotatable bonds is 6. The quantitative estimate of drug-likeness (QED) is 0.512. The Labute approximate surface area is 191 Å². The first-order valence-electron chi connectivity index (χ1n) is 9.73. The van der Waals surface area contributed by atoms with Crippen LogP contribution in [0.25, 0.3) is 0 Å². The summed E-state index contributed by atoms with van der Waals surface area (Å²) >= 11 is 5.61. The van der Waals surface area contributed by atoms with E-state index in [-0.39, 0.29) is 5.82 Å². The number of allylic oxidation sites excluding steroid dienone is 1. The van der Waals surface area contributed by atoms with Crippen molar-refractivity contribution in [3.63, 3.8) is 0 Å². The molecule has 170 valence electrons. The van der Waals surface area contributed by atoms with E-state index in [1.807, 2.05) is 0 Å². The predicted octanol–water partition coefficient (Wildman–Crippen LogP) is 4.04. The minimum atomic E-state index is -0.698. The highest BCUT2D eigenvalue weighted by atomic mass is 32.1. The van der Waals surface area contributed by atoms with Crippen molar-refractivity contribution in [2.24, 2.45) is 0 Å². The van der Waals surface area contributed by atoms with Gasteiger partial charge in [-0.3, -0.25) is 4.90 Å². The van der Waals surface area contributed by atoms with E-state index in [0.29, 0.717) is 50.4 Å². The van der Waals surface area contributed by atoms with E-state index in [0.717, 1.165) is 0 Å². The zero-order valence-electron chi connectivity index (χ0n) is 18.7. The number of nitrogens with one attached hydrogen (secondary N) is 1. The maximum Gasteiger partial charge on any atom is 0.337 e. The van der Waals surface area contributed by atoms with Crippen molar-refractivity contribution >= 4 is 29.0 Å². The van der Waals surface area contributed by atoms with Crippen LogP contribution in [0.3, 0.4) is 0 Å². The molecule has 2 aromatic rings. The highest BCUT2D eigenvalue weighted by molar-refractivity contribution is 7.80. The summed E-state index contributed by atoms with van der Waals surface area (Å²) in [5, 5.41) is 3.47. The highest BCUT2D eigenvalue weighted by Gasteiger charge is 2.37. The van der Waals surface area contributed by atoms with Gasteiger partial charge in [0.25, 0.3) is 0 Å². The Morgan fingerprint density at radius 3 is 2.19 bits per heavy atom. The van der Waals surface area contributed by atoms with E-state index in [1.165, 1.54) is 34.5 Å². The lowest BCUT2D eigenvalue weighted by Crippen LogP contribution is -2.48. The molecule has 0 aliphatic carbocycles. The van der Waals surface area contributed by atoms with Crippen LogP contribution in [0.1, 0.15) is 24.1 Å². The zero-order chi connectivity index (χ0) is 23.6. The number of methoxy groups -OCH3 is 4. The number of benzene rings is 2. The molecule has 32 heavy (non-hydrogen) atoms. The Hall–Kier alpha value is -3.33. The van der Waals surface area contributed by atoms with Crippen molar-refractivity contribution in [1.82, 2.24) is 5.32 Å². The average Bonchev–Trinajstić information content (AvgIpc) is 2.79. The molecule has 3 rings (SSSR count). The standard InChI is InChI=1S/C23H25FN2O5S/c1-12-7-8-14(9-16(12)24)26-13(2)20(22(27)31-6)21(25-23(26)32)15-10-18(29-4)19(30-5)11-17(15)28-3/h7-11,21H,1-6H3,(H,25,32). The van der Waals surface area contributed by atoms with Gasteiger partial charge < -0.3 is 24.3 Å². The first kappa shape index (κ1) is 23.3. The number of ether oxygens (including phenoxy) is 4. The van der Waals surface area contributed by atoms with Crippen molar-refractivity contribution in [2.45, 2.75) is 19.9 Å². The van der Waals surface area contributed by atoms with Gasteiger partial charge in [-0.25, -0.2) is 9.18 Å². The van der Waals surface area contributed by atoms with Gasteiger partial charge >= 0.3 is 5.97 Å². The van der Waals surface area contributed by atoms with Gasteiger partial charge in [-0.1, -0.05) is 6.07 Å². The van der Waals surface area contributed by atoms with Gasteiger partial charge in [0, 0.05) is 17.3 Å². The molecular formula is C23H25FN2O5S.